The molecule has 1 aromatic heterocycles. The highest BCUT2D eigenvalue weighted by atomic mass is 32.2. The lowest BCUT2D eigenvalue weighted by Crippen LogP contribution is -2.25. The van der Waals surface area contributed by atoms with Crippen LogP contribution in [0.2, 0.25) is 0 Å². The number of nitrogens with one attached hydrogen (secondary N) is 1. The highest BCUT2D eigenvalue weighted by molar-refractivity contribution is 8.00. The van der Waals surface area contributed by atoms with Gasteiger partial charge in [0.15, 0.2) is 5.16 Å². The first-order chi connectivity index (χ1) is 14.9. The quantitative estimate of drug-likeness (QED) is 0.445. The lowest BCUT2D eigenvalue weighted by molar-refractivity contribution is -0.113. The molecular formula is C23H23N3O3S2. The molecule has 0 aliphatic carbocycles. The normalized spacial score (nSPS) is 12.5. The Hall–Kier alpha value is -2.71. The van der Waals surface area contributed by atoms with Gasteiger partial charge in [0.1, 0.15) is 5.75 Å². The molecule has 4 rings (SSSR count). The summed E-state index contributed by atoms with van der Waals surface area (Å²) in [7, 11) is 1.60. The Morgan fingerprint density at radius 2 is 1.90 bits per heavy atom. The molecule has 1 amide bonds. The van der Waals surface area contributed by atoms with Gasteiger partial charge in [0.2, 0.25) is 5.91 Å². The average molecular weight is 454 g/mol. The Kier molecular flexibility index (Phi) is 6.38. The van der Waals surface area contributed by atoms with E-state index in [9.17, 15) is 9.59 Å². The highest BCUT2D eigenvalue weighted by Gasteiger charge is 2.23. The SMILES string of the molecule is COc1ccc(NC(=O)CSc2nc3c(c(=O)n2-c2cc(C)cc(C)c2)SCC3)cc1. The predicted octanol–water partition coefficient (Wildman–Crippen LogP) is 4.24. The van der Waals surface area contributed by atoms with E-state index in [-0.39, 0.29) is 17.2 Å². The van der Waals surface area contributed by atoms with E-state index in [1.54, 1.807) is 47.7 Å². The molecule has 2 aromatic carbocycles. The molecule has 6 nitrogen and oxygen atoms in total. The molecule has 0 bridgehead atoms. The third-order valence-electron chi connectivity index (χ3n) is 4.84. The van der Waals surface area contributed by atoms with Crippen molar-refractivity contribution in [3.63, 3.8) is 0 Å². The smallest absolute Gasteiger partial charge is 0.272 e. The zero-order valence-corrected chi connectivity index (χ0v) is 19.2. The summed E-state index contributed by atoms with van der Waals surface area (Å²) in [6, 6.07) is 13.2. The maximum absolute atomic E-state index is 13.3. The minimum Gasteiger partial charge on any atom is -0.497 e. The third-order valence-corrected chi connectivity index (χ3v) is 6.88. The van der Waals surface area contributed by atoms with Gasteiger partial charge in [-0.15, -0.1) is 11.8 Å². The zero-order chi connectivity index (χ0) is 22.0. The molecule has 8 heteroatoms. The fraction of sp³-hybridized carbons (Fsp3) is 0.261. The van der Waals surface area contributed by atoms with Crippen molar-refractivity contribution in [1.82, 2.24) is 9.55 Å². The molecule has 0 spiro atoms. The predicted molar refractivity (Wildman–Crippen MR) is 126 cm³/mol. The van der Waals surface area contributed by atoms with E-state index in [0.29, 0.717) is 15.7 Å². The number of carbonyl (C=O) groups excluding carboxylic acids is 1. The van der Waals surface area contributed by atoms with Crippen LogP contribution in [0.3, 0.4) is 0 Å². The Morgan fingerprint density at radius 1 is 1.19 bits per heavy atom. The molecule has 2 heterocycles. The number of anilines is 1. The lowest BCUT2D eigenvalue weighted by Gasteiger charge is -2.15. The van der Waals surface area contributed by atoms with Gasteiger partial charge in [-0.05, 0) is 61.4 Å². The van der Waals surface area contributed by atoms with Gasteiger partial charge >= 0.3 is 0 Å². The summed E-state index contributed by atoms with van der Waals surface area (Å²) in [5.41, 5.74) is 4.38. The standard InChI is InChI=1S/C23H23N3O3S2/c1-14-10-15(2)12-17(11-14)26-22(28)21-19(8-9-30-21)25-23(26)31-13-20(27)24-16-4-6-18(29-3)7-5-16/h4-7,10-12H,8-9,13H2,1-3H3,(H,24,27). The Morgan fingerprint density at radius 3 is 2.58 bits per heavy atom. The van der Waals surface area contributed by atoms with E-state index in [1.807, 2.05) is 26.0 Å². The molecule has 0 atom stereocenters. The number of rotatable bonds is 6. The number of ether oxygens (including phenoxy) is 1. The topological polar surface area (TPSA) is 73.2 Å². The molecule has 0 fully saturated rings. The number of aromatic nitrogens is 2. The molecule has 1 aliphatic heterocycles. The monoisotopic (exact) mass is 453 g/mol. The first kappa shape index (κ1) is 21.5. The summed E-state index contributed by atoms with van der Waals surface area (Å²) < 4.78 is 6.78. The maximum atomic E-state index is 13.3. The number of methoxy groups -OCH3 is 1. The Bertz CT molecular complexity index is 1170. The van der Waals surface area contributed by atoms with Crippen molar-refractivity contribution in [2.24, 2.45) is 0 Å². The van der Waals surface area contributed by atoms with Crippen LogP contribution in [0.5, 0.6) is 5.75 Å². The maximum Gasteiger partial charge on any atom is 0.272 e. The van der Waals surface area contributed by atoms with E-state index in [2.05, 4.69) is 11.4 Å². The molecule has 1 aliphatic rings. The van der Waals surface area contributed by atoms with Crippen LogP contribution < -0.4 is 15.6 Å². The van der Waals surface area contributed by atoms with Crippen molar-refractivity contribution in [2.45, 2.75) is 30.3 Å². The van der Waals surface area contributed by atoms with Gasteiger partial charge in [-0.25, -0.2) is 4.98 Å². The molecule has 0 unspecified atom stereocenters. The number of benzene rings is 2. The summed E-state index contributed by atoms with van der Waals surface area (Å²) in [5, 5.41) is 3.42. The van der Waals surface area contributed by atoms with E-state index in [4.69, 9.17) is 9.72 Å². The van der Waals surface area contributed by atoms with Gasteiger partial charge in [-0.1, -0.05) is 17.8 Å². The fourth-order valence-corrected chi connectivity index (χ4v) is 5.35. The number of hydrogen-bond acceptors (Lipinski definition) is 6. The van der Waals surface area contributed by atoms with Crippen molar-refractivity contribution in [2.75, 3.05) is 23.9 Å². The molecule has 1 N–H and O–H groups in total. The van der Waals surface area contributed by atoms with Gasteiger partial charge in [-0.3, -0.25) is 14.2 Å². The lowest BCUT2D eigenvalue weighted by atomic mass is 10.1. The van der Waals surface area contributed by atoms with Crippen LogP contribution in [0.1, 0.15) is 16.8 Å². The van der Waals surface area contributed by atoms with Crippen LogP contribution in [0, 0.1) is 13.8 Å². The number of aryl methyl sites for hydroxylation is 3. The largest absolute Gasteiger partial charge is 0.497 e. The number of amides is 1. The Labute approximate surface area is 189 Å². The van der Waals surface area contributed by atoms with Crippen LogP contribution in [-0.2, 0) is 11.2 Å². The van der Waals surface area contributed by atoms with Crippen molar-refractivity contribution >= 4 is 35.1 Å². The number of carbonyl (C=O) groups is 1. The molecule has 31 heavy (non-hydrogen) atoms. The van der Waals surface area contributed by atoms with Crippen LogP contribution >= 0.6 is 23.5 Å². The molecule has 160 valence electrons. The van der Waals surface area contributed by atoms with Crippen molar-refractivity contribution < 1.29 is 9.53 Å². The van der Waals surface area contributed by atoms with E-state index >= 15 is 0 Å². The number of thioether (sulfide) groups is 2. The van der Waals surface area contributed by atoms with Crippen LogP contribution in [0.25, 0.3) is 5.69 Å². The van der Waals surface area contributed by atoms with Crippen molar-refractivity contribution in [1.29, 1.82) is 0 Å². The Balaban J connectivity index is 1.60. The van der Waals surface area contributed by atoms with Crippen molar-refractivity contribution in [3.05, 3.63) is 69.6 Å². The van der Waals surface area contributed by atoms with Gasteiger partial charge in [-0.2, -0.15) is 0 Å². The zero-order valence-electron chi connectivity index (χ0n) is 17.6. The van der Waals surface area contributed by atoms with Gasteiger partial charge < -0.3 is 10.1 Å². The number of fused-ring (bicyclic) bond motifs is 1. The van der Waals surface area contributed by atoms with E-state index < -0.39 is 0 Å². The average Bonchev–Trinajstić information content (AvgIpc) is 3.21. The third kappa shape index (κ3) is 4.80. The van der Waals surface area contributed by atoms with Crippen LogP contribution in [-0.4, -0.2) is 34.1 Å². The van der Waals surface area contributed by atoms with Crippen molar-refractivity contribution in [3.8, 4) is 11.4 Å². The first-order valence-electron chi connectivity index (χ1n) is 9.88. The first-order valence-corrected chi connectivity index (χ1v) is 11.9. The fourth-order valence-electron chi connectivity index (χ4n) is 3.50. The number of hydrogen-bond donors (Lipinski definition) is 1. The molecule has 3 aromatic rings. The van der Waals surface area contributed by atoms with Gasteiger partial charge in [0, 0.05) is 17.9 Å². The summed E-state index contributed by atoms with van der Waals surface area (Å²) >= 11 is 2.83. The number of nitrogens with zero attached hydrogens (tertiary/aromatic N) is 2. The minimum absolute atomic E-state index is 0.0597. The van der Waals surface area contributed by atoms with Crippen LogP contribution in [0.4, 0.5) is 5.69 Å². The minimum atomic E-state index is -0.161. The van der Waals surface area contributed by atoms with Crippen LogP contribution in [0.15, 0.2) is 57.3 Å². The molecule has 0 saturated heterocycles. The summed E-state index contributed by atoms with van der Waals surface area (Å²) in [4.78, 5) is 31.3. The van der Waals surface area contributed by atoms with Gasteiger partial charge in [0.25, 0.3) is 5.56 Å². The van der Waals surface area contributed by atoms with E-state index in [1.165, 1.54) is 11.8 Å². The summed E-state index contributed by atoms with van der Waals surface area (Å²) in [5.74, 6) is 1.57. The second kappa shape index (κ2) is 9.20. The summed E-state index contributed by atoms with van der Waals surface area (Å²) in [6.45, 7) is 4.01. The summed E-state index contributed by atoms with van der Waals surface area (Å²) in [6.07, 6.45) is 0.772. The second-order valence-corrected chi connectivity index (χ2v) is 9.37. The molecular weight excluding hydrogens is 430 g/mol. The molecule has 0 saturated carbocycles. The second-order valence-electron chi connectivity index (χ2n) is 7.32. The van der Waals surface area contributed by atoms with E-state index in [0.717, 1.165) is 40.4 Å². The highest BCUT2D eigenvalue weighted by Crippen LogP contribution is 2.30. The van der Waals surface area contributed by atoms with Gasteiger partial charge in [0.05, 0.1) is 29.1 Å². The molecule has 0 radical (unpaired) electrons.